The summed E-state index contributed by atoms with van der Waals surface area (Å²) in [7, 11) is 0. The van der Waals surface area contributed by atoms with E-state index in [1.165, 1.54) is 80.6 Å². The Hall–Kier alpha value is -3.39. The maximum Gasteiger partial charge on any atom is 0.340 e. The lowest BCUT2D eigenvalue weighted by Crippen LogP contribution is -2.35. The lowest BCUT2D eigenvalue weighted by atomic mass is 9.93. The van der Waals surface area contributed by atoms with Crippen LogP contribution in [0, 0.1) is 29.2 Å². The number of unbranched alkanes of at least 4 members (excludes halogenated alkanes) is 5. The summed E-state index contributed by atoms with van der Waals surface area (Å²) in [5, 5.41) is 0. The zero-order valence-corrected chi connectivity index (χ0v) is 24.2. The fourth-order valence-electron chi connectivity index (χ4n) is 5.29. The van der Waals surface area contributed by atoms with Gasteiger partial charge in [-0.1, -0.05) is 69.7 Å². The number of halogens is 4. The van der Waals surface area contributed by atoms with Crippen molar-refractivity contribution >= 4 is 5.97 Å². The summed E-state index contributed by atoms with van der Waals surface area (Å²) in [4.78, 5) is 12.6. The average molecular weight is 587 g/mol. The molecule has 1 aliphatic heterocycles. The Morgan fingerprint density at radius 3 is 1.88 bits per heavy atom. The van der Waals surface area contributed by atoms with Gasteiger partial charge >= 0.3 is 5.97 Å². The first-order valence-electron chi connectivity index (χ1n) is 14.9. The third-order valence-electron chi connectivity index (χ3n) is 7.71. The molecular weight excluding hydrogens is 548 g/mol. The van der Waals surface area contributed by atoms with Crippen LogP contribution in [0.5, 0.6) is 11.5 Å². The molecule has 3 aromatic carbocycles. The second-order valence-electron chi connectivity index (χ2n) is 10.7. The van der Waals surface area contributed by atoms with E-state index >= 15 is 4.39 Å². The van der Waals surface area contributed by atoms with Gasteiger partial charge in [0.15, 0.2) is 29.2 Å². The van der Waals surface area contributed by atoms with Gasteiger partial charge in [0.05, 0.1) is 13.2 Å². The summed E-state index contributed by atoms with van der Waals surface area (Å²) >= 11 is 0. The van der Waals surface area contributed by atoms with Gasteiger partial charge < -0.3 is 14.2 Å². The van der Waals surface area contributed by atoms with Gasteiger partial charge in [0.2, 0.25) is 11.6 Å². The molecule has 0 aliphatic carbocycles. The van der Waals surface area contributed by atoms with Gasteiger partial charge in [-0.2, -0.15) is 8.78 Å². The summed E-state index contributed by atoms with van der Waals surface area (Å²) < 4.78 is 74.9. The van der Waals surface area contributed by atoms with E-state index in [-0.39, 0.29) is 23.5 Å². The van der Waals surface area contributed by atoms with Crippen LogP contribution in [0.1, 0.15) is 71.6 Å². The molecule has 0 saturated carbocycles. The molecule has 4 nitrogen and oxygen atoms in total. The van der Waals surface area contributed by atoms with Gasteiger partial charge in [0.1, 0.15) is 0 Å². The molecule has 1 saturated heterocycles. The monoisotopic (exact) mass is 586 g/mol. The van der Waals surface area contributed by atoms with Crippen LogP contribution in [-0.4, -0.2) is 25.3 Å². The van der Waals surface area contributed by atoms with Crippen LogP contribution in [0.2, 0.25) is 0 Å². The number of carbonyl (C=O) groups is 1. The van der Waals surface area contributed by atoms with Gasteiger partial charge in [-0.25, -0.2) is 13.6 Å². The minimum atomic E-state index is -1.29. The molecule has 226 valence electrons. The lowest BCUT2D eigenvalue weighted by Gasteiger charge is -2.27. The third-order valence-corrected chi connectivity index (χ3v) is 7.71. The van der Waals surface area contributed by atoms with Crippen molar-refractivity contribution in [3.05, 3.63) is 71.8 Å². The fourth-order valence-corrected chi connectivity index (χ4v) is 5.29. The molecule has 2 atom stereocenters. The summed E-state index contributed by atoms with van der Waals surface area (Å²) in [6.45, 7) is 4.51. The van der Waals surface area contributed by atoms with Gasteiger partial charge in [-0.3, -0.25) is 0 Å². The van der Waals surface area contributed by atoms with E-state index in [1.54, 1.807) is 6.92 Å². The van der Waals surface area contributed by atoms with Gasteiger partial charge in [-0.05, 0) is 67.5 Å². The molecule has 1 heterocycles. The van der Waals surface area contributed by atoms with Gasteiger partial charge in [-0.15, -0.1) is 0 Å². The molecule has 0 spiro atoms. The second kappa shape index (κ2) is 15.2. The van der Waals surface area contributed by atoms with E-state index in [0.29, 0.717) is 30.1 Å². The minimum absolute atomic E-state index is 0.00933. The number of hydrogen-bond donors (Lipinski definition) is 0. The van der Waals surface area contributed by atoms with Gasteiger partial charge in [0.25, 0.3) is 0 Å². The standard InChI is InChI=1S/C34H38F4O4/c1-3-5-6-7-8-9-10-22-11-18-29(41-21-22)34(39)42-28-20-17-26(31(36)33(28)38)24-14-12-23(13-15-24)25-16-19-27(40-4-2)32(37)30(25)35/h12-17,19-20,22,29H,3-11,18,21H2,1-2H3. The van der Waals surface area contributed by atoms with Crippen molar-refractivity contribution in [2.45, 2.75) is 77.7 Å². The second-order valence-corrected chi connectivity index (χ2v) is 10.7. The molecule has 0 amide bonds. The lowest BCUT2D eigenvalue weighted by molar-refractivity contribution is -0.152. The topological polar surface area (TPSA) is 44.8 Å². The zero-order valence-electron chi connectivity index (χ0n) is 24.2. The summed E-state index contributed by atoms with van der Waals surface area (Å²) in [6.07, 6.45) is 8.90. The van der Waals surface area contributed by atoms with Crippen molar-refractivity contribution in [3.8, 4) is 33.8 Å². The molecule has 4 rings (SSSR count). The maximum absolute atomic E-state index is 15.0. The Labute approximate surface area is 245 Å². The van der Waals surface area contributed by atoms with Crippen LogP contribution in [-0.2, 0) is 9.53 Å². The number of rotatable bonds is 13. The number of carbonyl (C=O) groups excluding carboxylic acids is 1. The highest BCUT2D eigenvalue weighted by Gasteiger charge is 2.29. The smallest absolute Gasteiger partial charge is 0.340 e. The number of esters is 1. The molecule has 0 aromatic heterocycles. The Bertz CT molecular complexity index is 1330. The molecular formula is C34H38F4O4. The Morgan fingerprint density at radius 2 is 1.31 bits per heavy atom. The normalized spacial score (nSPS) is 16.8. The minimum Gasteiger partial charge on any atom is -0.491 e. The highest BCUT2D eigenvalue weighted by Crippen LogP contribution is 2.34. The highest BCUT2D eigenvalue weighted by molar-refractivity contribution is 5.78. The number of ether oxygens (including phenoxy) is 3. The number of hydrogen-bond acceptors (Lipinski definition) is 4. The molecule has 0 radical (unpaired) electrons. The average Bonchev–Trinajstić information content (AvgIpc) is 3.00. The Morgan fingerprint density at radius 1 is 0.738 bits per heavy atom. The van der Waals surface area contributed by atoms with Crippen LogP contribution < -0.4 is 9.47 Å². The van der Waals surface area contributed by atoms with Crippen LogP contribution in [0.15, 0.2) is 48.5 Å². The summed E-state index contributed by atoms with van der Waals surface area (Å²) in [6, 6.07) is 11.2. The molecule has 2 unspecified atom stereocenters. The van der Waals surface area contributed by atoms with Crippen LogP contribution in [0.25, 0.3) is 22.3 Å². The van der Waals surface area contributed by atoms with Crippen molar-refractivity contribution in [1.29, 1.82) is 0 Å². The molecule has 0 bridgehead atoms. The van der Waals surface area contributed by atoms with Crippen molar-refractivity contribution in [3.63, 3.8) is 0 Å². The van der Waals surface area contributed by atoms with E-state index in [2.05, 4.69) is 6.92 Å². The van der Waals surface area contributed by atoms with E-state index in [1.807, 2.05) is 0 Å². The number of benzene rings is 3. The SMILES string of the molecule is CCCCCCCCC1CCC(C(=O)Oc2ccc(-c3ccc(-c4ccc(OCC)c(F)c4F)cc3)c(F)c2F)OC1. The Kier molecular flexibility index (Phi) is 11.4. The first kappa shape index (κ1) is 31.5. The van der Waals surface area contributed by atoms with Crippen LogP contribution >= 0.6 is 0 Å². The summed E-state index contributed by atoms with van der Waals surface area (Å²) in [5.41, 5.74) is 0.608. The van der Waals surface area contributed by atoms with Gasteiger partial charge in [0, 0.05) is 11.1 Å². The first-order valence-corrected chi connectivity index (χ1v) is 14.9. The molecule has 3 aromatic rings. The molecule has 0 N–H and O–H groups in total. The van der Waals surface area contributed by atoms with E-state index in [0.717, 1.165) is 19.3 Å². The first-order chi connectivity index (χ1) is 20.3. The third kappa shape index (κ3) is 7.71. The Balaban J connectivity index is 1.35. The highest BCUT2D eigenvalue weighted by atomic mass is 19.2. The van der Waals surface area contributed by atoms with Crippen molar-refractivity contribution in [2.75, 3.05) is 13.2 Å². The van der Waals surface area contributed by atoms with Crippen molar-refractivity contribution in [2.24, 2.45) is 5.92 Å². The van der Waals surface area contributed by atoms with Crippen LogP contribution in [0.3, 0.4) is 0 Å². The molecule has 42 heavy (non-hydrogen) atoms. The van der Waals surface area contributed by atoms with E-state index in [4.69, 9.17) is 14.2 Å². The predicted octanol–water partition coefficient (Wildman–Crippen LogP) is 9.43. The summed E-state index contributed by atoms with van der Waals surface area (Å²) in [5.74, 6) is -5.68. The maximum atomic E-state index is 15.0. The predicted molar refractivity (Wildman–Crippen MR) is 154 cm³/mol. The van der Waals surface area contributed by atoms with E-state index < -0.39 is 41.1 Å². The molecule has 1 fully saturated rings. The fraction of sp³-hybridized carbons (Fsp3) is 0.441. The van der Waals surface area contributed by atoms with Crippen molar-refractivity contribution < 1.29 is 36.6 Å². The molecule has 1 aliphatic rings. The quantitative estimate of drug-likeness (QED) is 0.0866. The van der Waals surface area contributed by atoms with Crippen molar-refractivity contribution in [1.82, 2.24) is 0 Å². The zero-order chi connectivity index (χ0) is 30.1. The molecule has 8 heteroatoms. The van der Waals surface area contributed by atoms with E-state index in [9.17, 15) is 18.0 Å². The van der Waals surface area contributed by atoms with Crippen LogP contribution in [0.4, 0.5) is 17.6 Å². The largest absolute Gasteiger partial charge is 0.491 e.